The van der Waals surface area contributed by atoms with Crippen LogP contribution in [0.3, 0.4) is 0 Å². The maximum Gasteiger partial charge on any atom is 0.264 e. The van der Waals surface area contributed by atoms with E-state index >= 15 is 0 Å². The zero-order valence-corrected chi connectivity index (χ0v) is 24.6. The predicted octanol–water partition coefficient (Wildman–Crippen LogP) is 4.78. The molecule has 1 atom stereocenters. The van der Waals surface area contributed by atoms with Crippen molar-refractivity contribution in [1.29, 1.82) is 0 Å². The predicted molar refractivity (Wildman–Crippen MR) is 158 cm³/mol. The third-order valence-electron chi connectivity index (χ3n) is 6.48. The summed E-state index contributed by atoms with van der Waals surface area (Å²) in [5.74, 6) is -0.223. The number of amides is 2. The summed E-state index contributed by atoms with van der Waals surface area (Å²) in [4.78, 5) is 28.9. The number of anilines is 1. The van der Waals surface area contributed by atoms with Gasteiger partial charge in [-0.1, -0.05) is 75.4 Å². The molecule has 214 valence electrons. The Labute approximate surface area is 238 Å². The molecule has 0 aromatic heterocycles. The van der Waals surface area contributed by atoms with Crippen molar-refractivity contribution >= 4 is 27.5 Å². The Morgan fingerprint density at radius 3 is 2.15 bits per heavy atom. The number of carbonyl (C=O) groups is 2. The first-order valence-electron chi connectivity index (χ1n) is 13.4. The van der Waals surface area contributed by atoms with Crippen LogP contribution in [0.25, 0.3) is 0 Å². The summed E-state index contributed by atoms with van der Waals surface area (Å²) < 4.78 is 34.6. The van der Waals surface area contributed by atoms with E-state index in [1.165, 1.54) is 24.1 Å². The minimum atomic E-state index is -4.17. The van der Waals surface area contributed by atoms with Crippen LogP contribution in [0.5, 0.6) is 5.75 Å². The first kappa shape index (κ1) is 30.7. The first-order chi connectivity index (χ1) is 19.1. The van der Waals surface area contributed by atoms with E-state index in [0.29, 0.717) is 18.7 Å². The van der Waals surface area contributed by atoms with Gasteiger partial charge in [0.25, 0.3) is 10.0 Å². The third kappa shape index (κ3) is 7.63. The molecule has 0 aliphatic carbocycles. The van der Waals surface area contributed by atoms with E-state index in [2.05, 4.69) is 5.32 Å². The molecule has 9 heteroatoms. The number of sulfonamides is 1. The standard InChI is InChI=1S/C31H39N3O5S/c1-6-27(31(36)32-20-23(2)3)33(21-25-13-9-7-10-14-25)30(35)22-34(28-19-24(4)17-18-29(28)39-5)40(37,38)26-15-11-8-12-16-26/h7-19,23,27H,6,20-22H2,1-5H3,(H,32,36). The van der Waals surface area contributed by atoms with Crippen LogP contribution in [-0.2, 0) is 26.2 Å². The van der Waals surface area contributed by atoms with Gasteiger partial charge in [0.2, 0.25) is 11.8 Å². The molecule has 0 spiro atoms. The van der Waals surface area contributed by atoms with Crippen LogP contribution in [0.15, 0.2) is 83.8 Å². The summed E-state index contributed by atoms with van der Waals surface area (Å²) in [6.45, 7) is 7.78. The van der Waals surface area contributed by atoms with Crippen molar-refractivity contribution in [2.75, 3.05) is 24.5 Å². The Kier molecular flexibility index (Phi) is 10.7. The lowest BCUT2D eigenvalue weighted by Crippen LogP contribution is -2.52. The molecule has 0 fully saturated rings. The fourth-order valence-corrected chi connectivity index (χ4v) is 5.79. The molecule has 0 saturated heterocycles. The number of hydrogen-bond acceptors (Lipinski definition) is 5. The molecular weight excluding hydrogens is 526 g/mol. The van der Waals surface area contributed by atoms with Gasteiger partial charge in [0.15, 0.2) is 0 Å². The van der Waals surface area contributed by atoms with E-state index in [0.717, 1.165) is 15.4 Å². The smallest absolute Gasteiger partial charge is 0.264 e. The highest BCUT2D eigenvalue weighted by Crippen LogP contribution is 2.33. The summed E-state index contributed by atoms with van der Waals surface area (Å²) in [6.07, 6.45) is 0.363. The molecule has 0 aliphatic rings. The van der Waals surface area contributed by atoms with Crippen molar-refractivity contribution in [3.63, 3.8) is 0 Å². The zero-order valence-electron chi connectivity index (χ0n) is 23.8. The maximum atomic E-state index is 14.1. The minimum Gasteiger partial charge on any atom is -0.495 e. The lowest BCUT2D eigenvalue weighted by Gasteiger charge is -2.33. The molecule has 3 aromatic rings. The van der Waals surface area contributed by atoms with Gasteiger partial charge >= 0.3 is 0 Å². The fraction of sp³-hybridized carbons (Fsp3) is 0.355. The van der Waals surface area contributed by atoms with Crippen LogP contribution >= 0.6 is 0 Å². The van der Waals surface area contributed by atoms with Gasteiger partial charge in [-0.3, -0.25) is 13.9 Å². The van der Waals surface area contributed by atoms with Crippen molar-refractivity contribution in [3.8, 4) is 5.75 Å². The van der Waals surface area contributed by atoms with Gasteiger partial charge in [0, 0.05) is 13.1 Å². The zero-order chi connectivity index (χ0) is 29.3. The molecule has 3 aromatic carbocycles. The second-order valence-electron chi connectivity index (χ2n) is 10.1. The Hall–Kier alpha value is -3.85. The van der Waals surface area contributed by atoms with Crippen molar-refractivity contribution < 1.29 is 22.7 Å². The van der Waals surface area contributed by atoms with Crippen LogP contribution in [0, 0.1) is 12.8 Å². The fourth-order valence-electron chi connectivity index (χ4n) is 4.35. The van der Waals surface area contributed by atoms with Gasteiger partial charge in [-0.2, -0.15) is 0 Å². The monoisotopic (exact) mass is 565 g/mol. The van der Waals surface area contributed by atoms with E-state index in [1.54, 1.807) is 30.3 Å². The topological polar surface area (TPSA) is 96.0 Å². The highest BCUT2D eigenvalue weighted by atomic mass is 32.2. The Balaban J connectivity index is 2.09. The van der Waals surface area contributed by atoms with E-state index in [9.17, 15) is 18.0 Å². The minimum absolute atomic E-state index is 0.0442. The van der Waals surface area contributed by atoms with Gasteiger partial charge in [-0.25, -0.2) is 8.42 Å². The summed E-state index contributed by atoms with van der Waals surface area (Å²) >= 11 is 0. The lowest BCUT2D eigenvalue weighted by atomic mass is 10.1. The Morgan fingerprint density at radius 1 is 0.950 bits per heavy atom. The molecule has 1 N–H and O–H groups in total. The molecule has 0 heterocycles. The molecule has 2 amide bonds. The quantitative estimate of drug-likeness (QED) is 0.322. The average Bonchev–Trinajstić information content (AvgIpc) is 2.95. The van der Waals surface area contributed by atoms with Crippen molar-refractivity contribution in [2.24, 2.45) is 5.92 Å². The van der Waals surface area contributed by atoms with Crippen LogP contribution < -0.4 is 14.4 Å². The van der Waals surface area contributed by atoms with Crippen molar-refractivity contribution in [3.05, 3.63) is 90.0 Å². The first-order valence-corrected chi connectivity index (χ1v) is 14.9. The summed E-state index contributed by atoms with van der Waals surface area (Å²) in [7, 11) is -2.72. The number of nitrogens with zero attached hydrogens (tertiary/aromatic N) is 2. The van der Waals surface area contributed by atoms with Gasteiger partial charge in [-0.15, -0.1) is 0 Å². The second-order valence-corrected chi connectivity index (χ2v) is 11.9. The van der Waals surface area contributed by atoms with Gasteiger partial charge < -0.3 is 15.0 Å². The van der Waals surface area contributed by atoms with Gasteiger partial charge in [-0.05, 0) is 54.7 Å². The summed E-state index contributed by atoms with van der Waals surface area (Å²) in [5, 5.41) is 2.94. The van der Waals surface area contributed by atoms with Crippen LogP contribution in [-0.4, -0.2) is 51.4 Å². The van der Waals surface area contributed by atoms with E-state index in [4.69, 9.17) is 4.74 Å². The number of rotatable bonds is 13. The molecule has 8 nitrogen and oxygen atoms in total. The SMILES string of the molecule is CCC(C(=O)NCC(C)C)N(Cc1ccccc1)C(=O)CN(c1cc(C)ccc1OC)S(=O)(=O)c1ccccc1. The average molecular weight is 566 g/mol. The van der Waals surface area contributed by atoms with E-state index in [1.807, 2.05) is 64.1 Å². The number of hydrogen-bond donors (Lipinski definition) is 1. The molecule has 40 heavy (non-hydrogen) atoms. The normalized spacial score (nSPS) is 12.1. The van der Waals surface area contributed by atoms with Crippen LogP contribution in [0.1, 0.15) is 38.3 Å². The second kappa shape index (κ2) is 14.0. The molecule has 0 radical (unpaired) electrons. The lowest BCUT2D eigenvalue weighted by molar-refractivity contribution is -0.140. The number of aryl methyl sites for hydroxylation is 1. The van der Waals surface area contributed by atoms with Crippen LogP contribution in [0.2, 0.25) is 0 Å². The van der Waals surface area contributed by atoms with Crippen molar-refractivity contribution in [2.45, 2.75) is 51.6 Å². The molecule has 0 saturated carbocycles. The van der Waals surface area contributed by atoms with E-state index < -0.39 is 28.5 Å². The number of carbonyl (C=O) groups excluding carboxylic acids is 2. The van der Waals surface area contributed by atoms with Crippen molar-refractivity contribution in [1.82, 2.24) is 10.2 Å². The van der Waals surface area contributed by atoms with Gasteiger partial charge in [0.1, 0.15) is 18.3 Å². The highest BCUT2D eigenvalue weighted by molar-refractivity contribution is 7.92. The largest absolute Gasteiger partial charge is 0.495 e. The number of nitrogens with one attached hydrogen (secondary N) is 1. The summed E-state index contributed by atoms with van der Waals surface area (Å²) in [5.41, 5.74) is 1.88. The number of ether oxygens (including phenoxy) is 1. The number of benzene rings is 3. The number of methoxy groups -OCH3 is 1. The summed E-state index contributed by atoms with van der Waals surface area (Å²) in [6, 6.07) is 21.7. The maximum absolute atomic E-state index is 14.1. The molecule has 0 aliphatic heterocycles. The highest BCUT2D eigenvalue weighted by Gasteiger charge is 2.34. The van der Waals surface area contributed by atoms with Gasteiger partial charge in [0.05, 0.1) is 17.7 Å². The Bertz CT molecular complexity index is 1380. The van der Waals surface area contributed by atoms with E-state index in [-0.39, 0.29) is 29.0 Å². The molecule has 0 bridgehead atoms. The molecule has 1 unspecified atom stereocenters. The molecular formula is C31H39N3O5S. The molecule has 3 rings (SSSR count). The third-order valence-corrected chi connectivity index (χ3v) is 8.25. The van der Waals surface area contributed by atoms with Crippen LogP contribution in [0.4, 0.5) is 5.69 Å². The Morgan fingerprint density at radius 2 is 1.57 bits per heavy atom.